The molecule has 1 aliphatic carbocycles. The Morgan fingerprint density at radius 2 is 2.00 bits per heavy atom. The molecule has 3 rings (SSSR count). The average molecular weight is 326 g/mol. The zero-order valence-corrected chi connectivity index (χ0v) is 13.5. The largest absolute Gasteiger partial charge is 0.354 e. The van der Waals surface area contributed by atoms with Crippen molar-refractivity contribution in [3.63, 3.8) is 0 Å². The van der Waals surface area contributed by atoms with Crippen LogP contribution in [0.2, 0.25) is 0 Å². The van der Waals surface area contributed by atoms with Crippen molar-refractivity contribution in [1.29, 1.82) is 0 Å². The highest BCUT2D eigenvalue weighted by molar-refractivity contribution is 5.99. The summed E-state index contributed by atoms with van der Waals surface area (Å²) in [6.07, 6.45) is 2.90. The predicted octanol–water partition coefficient (Wildman–Crippen LogP) is 3.15. The number of aromatic nitrogens is 1. The number of nitrogens with zero attached hydrogens (tertiary/aromatic N) is 1. The Morgan fingerprint density at radius 1 is 1.25 bits per heavy atom. The third-order valence-corrected chi connectivity index (χ3v) is 4.16. The molecule has 124 valence electrons. The number of hydrogen-bond donors (Lipinski definition) is 1. The van der Waals surface area contributed by atoms with Crippen LogP contribution in [0.15, 0.2) is 36.4 Å². The van der Waals surface area contributed by atoms with Crippen LogP contribution in [-0.4, -0.2) is 23.7 Å². The summed E-state index contributed by atoms with van der Waals surface area (Å²) < 4.78 is 13.9. The summed E-state index contributed by atoms with van der Waals surface area (Å²) in [6, 6.07) is 9.63. The molecule has 0 atom stereocenters. The van der Waals surface area contributed by atoms with Crippen LogP contribution in [0.4, 0.5) is 4.39 Å². The Kier molecular flexibility index (Phi) is 4.69. The Labute approximate surface area is 140 Å². The maximum atomic E-state index is 13.9. The van der Waals surface area contributed by atoms with Gasteiger partial charge in [0.2, 0.25) is 0 Å². The standard InChI is InChI=1S/C19H19FN2O2/c1-21-19(24)17-11-14(18(23)8-12-6-7-12)10-15(22-17)9-13-4-2-3-5-16(13)20/h2-5,10-12H,6-9H2,1H3,(H,21,24). The minimum absolute atomic E-state index is 0.0137. The van der Waals surface area contributed by atoms with Crippen LogP contribution in [0.1, 0.15) is 51.4 Å². The monoisotopic (exact) mass is 326 g/mol. The highest BCUT2D eigenvalue weighted by atomic mass is 19.1. The fourth-order valence-corrected chi connectivity index (χ4v) is 2.62. The van der Waals surface area contributed by atoms with Crippen molar-refractivity contribution in [3.8, 4) is 0 Å². The predicted molar refractivity (Wildman–Crippen MR) is 88.5 cm³/mol. The first-order valence-corrected chi connectivity index (χ1v) is 8.06. The number of hydrogen-bond acceptors (Lipinski definition) is 3. The lowest BCUT2D eigenvalue weighted by atomic mass is 10.0. The fourth-order valence-electron chi connectivity index (χ4n) is 2.62. The van der Waals surface area contributed by atoms with E-state index in [1.165, 1.54) is 19.2 Å². The van der Waals surface area contributed by atoms with Crippen molar-refractivity contribution in [2.75, 3.05) is 7.05 Å². The lowest BCUT2D eigenvalue weighted by Crippen LogP contribution is -2.20. The molecule has 1 amide bonds. The second-order valence-electron chi connectivity index (χ2n) is 6.15. The Bertz CT molecular complexity index is 785. The lowest BCUT2D eigenvalue weighted by molar-refractivity contribution is 0.0958. The first kappa shape index (κ1) is 16.3. The minimum atomic E-state index is -0.356. The van der Waals surface area contributed by atoms with Gasteiger partial charge in [-0.3, -0.25) is 9.59 Å². The van der Waals surface area contributed by atoms with E-state index in [0.717, 1.165) is 12.8 Å². The SMILES string of the molecule is CNC(=O)c1cc(C(=O)CC2CC2)cc(Cc2ccccc2F)n1. The van der Waals surface area contributed by atoms with Crippen molar-refractivity contribution in [3.05, 3.63) is 64.7 Å². The van der Waals surface area contributed by atoms with Gasteiger partial charge in [0, 0.05) is 31.1 Å². The van der Waals surface area contributed by atoms with Crippen LogP contribution in [0.5, 0.6) is 0 Å². The van der Waals surface area contributed by atoms with Gasteiger partial charge in [-0.1, -0.05) is 18.2 Å². The van der Waals surface area contributed by atoms with E-state index in [0.29, 0.717) is 29.2 Å². The smallest absolute Gasteiger partial charge is 0.269 e. The van der Waals surface area contributed by atoms with Crippen molar-refractivity contribution in [1.82, 2.24) is 10.3 Å². The van der Waals surface area contributed by atoms with Gasteiger partial charge in [-0.05, 0) is 42.5 Å². The van der Waals surface area contributed by atoms with Crippen LogP contribution in [0, 0.1) is 11.7 Å². The Morgan fingerprint density at radius 3 is 2.67 bits per heavy atom. The lowest BCUT2D eigenvalue weighted by Gasteiger charge is -2.09. The van der Waals surface area contributed by atoms with Crippen LogP contribution >= 0.6 is 0 Å². The average Bonchev–Trinajstić information content (AvgIpc) is 3.40. The maximum Gasteiger partial charge on any atom is 0.269 e. The maximum absolute atomic E-state index is 13.9. The van der Waals surface area contributed by atoms with E-state index < -0.39 is 0 Å². The van der Waals surface area contributed by atoms with Gasteiger partial charge in [-0.2, -0.15) is 0 Å². The quantitative estimate of drug-likeness (QED) is 0.830. The van der Waals surface area contributed by atoms with E-state index in [-0.39, 0.29) is 29.6 Å². The third kappa shape index (κ3) is 3.85. The number of amides is 1. The molecule has 0 unspecified atom stereocenters. The van der Waals surface area contributed by atoms with Crippen LogP contribution in [0.3, 0.4) is 0 Å². The molecule has 0 radical (unpaired) electrons. The molecule has 1 aromatic carbocycles. The van der Waals surface area contributed by atoms with E-state index in [2.05, 4.69) is 10.3 Å². The van der Waals surface area contributed by atoms with E-state index >= 15 is 0 Å². The molecule has 1 fully saturated rings. The molecule has 24 heavy (non-hydrogen) atoms. The van der Waals surface area contributed by atoms with Gasteiger partial charge in [0.25, 0.3) is 5.91 Å². The van der Waals surface area contributed by atoms with Crippen LogP contribution in [0.25, 0.3) is 0 Å². The second kappa shape index (κ2) is 6.91. The third-order valence-electron chi connectivity index (χ3n) is 4.16. The molecule has 5 heteroatoms. The van der Waals surface area contributed by atoms with Gasteiger partial charge >= 0.3 is 0 Å². The molecule has 0 aliphatic heterocycles. The molecule has 0 bridgehead atoms. The highest BCUT2D eigenvalue weighted by Gasteiger charge is 2.25. The van der Waals surface area contributed by atoms with Crippen LogP contribution < -0.4 is 5.32 Å². The van der Waals surface area contributed by atoms with E-state index in [1.807, 2.05) is 0 Å². The number of Topliss-reactive ketones (excluding diaryl/α,β-unsaturated/α-hetero) is 1. The first-order valence-electron chi connectivity index (χ1n) is 8.06. The summed E-state index contributed by atoms with van der Waals surface area (Å²) in [4.78, 5) is 28.6. The molecule has 1 N–H and O–H groups in total. The first-order chi connectivity index (χ1) is 11.6. The summed E-state index contributed by atoms with van der Waals surface area (Å²) in [5, 5.41) is 2.52. The summed E-state index contributed by atoms with van der Waals surface area (Å²) in [7, 11) is 1.51. The highest BCUT2D eigenvalue weighted by Crippen LogP contribution is 2.33. The molecular formula is C19H19FN2O2. The molecule has 1 aromatic heterocycles. The minimum Gasteiger partial charge on any atom is -0.354 e. The van der Waals surface area contributed by atoms with Gasteiger partial charge in [0.15, 0.2) is 5.78 Å². The zero-order chi connectivity index (χ0) is 17.1. The fraction of sp³-hybridized carbons (Fsp3) is 0.316. The van der Waals surface area contributed by atoms with Crippen molar-refractivity contribution in [2.45, 2.75) is 25.7 Å². The summed E-state index contributed by atoms with van der Waals surface area (Å²) in [5.41, 5.74) is 1.66. The van der Waals surface area contributed by atoms with Gasteiger partial charge in [0.1, 0.15) is 11.5 Å². The number of carbonyl (C=O) groups excluding carboxylic acids is 2. The van der Waals surface area contributed by atoms with E-state index in [1.54, 1.807) is 24.3 Å². The number of rotatable bonds is 6. The van der Waals surface area contributed by atoms with Gasteiger partial charge in [-0.25, -0.2) is 9.37 Å². The van der Waals surface area contributed by atoms with E-state index in [9.17, 15) is 14.0 Å². The van der Waals surface area contributed by atoms with Crippen molar-refractivity contribution in [2.24, 2.45) is 5.92 Å². The Hall–Kier alpha value is -2.56. The topological polar surface area (TPSA) is 59.1 Å². The second-order valence-corrected chi connectivity index (χ2v) is 6.15. The van der Waals surface area contributed by atoms with Crippen molar-refractivity contribution >= 4 is 11.7 Å². The summed E-state index contributed by atoms with van der Waals surface area (Å²) in [6.45, 7) is 0. The molecular weight excluding hydrogens is 307 g/mol. The zero-order valence-electron chi connectivity index (χ0n) is 13.5. The summed E-state index contributed by atoms with van der Waals surface area (Å²) in [5.74, 6) is -0.203. The molecule has 1 aliphatic rings. The number of pyridine rings is 1. The van der Waals surface area contributed by atoms with Crippen molar-refractivity contribution < 1.29 is 14.0 Å². The molecule has 0 spiro atoms. The van der Waals surface area contributed by atoms with E-state index in [4.69, 9.17) is 0 Å². The van der Waals surface area contributed by atoms with Gasteiger partial charge in [-0.15, -0.1) is 0 Å². The molecule has 4 nitrogen and oxygen atoms in total. The number of nitrogens with one attached hydrogen (secondary N) is 1. The summed E-state index contributed by atoms with van der Waals surface area (Å²) >= 11 is 0. The number of carbonyl (C=O) groups is 2. The van der Waals surface area contributed by atoms with Crippen LogP contribution in [-0.2, 0) is 6.42 Å². The normalized spacial score (nSPS) is 13.6. The number of ketones is 1. The molecule has 0 saturated heterocycles. The molecule has 2 aromatic rings. The van der Waals surface area contributed by atoms with Gasteiger partial charge < -0.3 is 5.32 Å². The molecule has 1 saturated carbocycles. The van der Waals surface area contributed by atoms with Gasteiger partial charge in [0.05, 0.1) is 0 Å². The Balaban J connectivity index is 1.93. The number of halogens is 1. The molecule has 1 heterocycles. The number of benzene rings is 1.